The lowest BCUT2D eigenvalue weighted by molar-refractivity contribution is -0.125. The molecule has 0 aromatic heterocycles. The molecule has 1 unspecified atom stereocenters. The van der Waals surface area contributed by atoms with E-state index in [0.717, 1.165) is 5.56 Å². The van der Waals surface area contributed by atoms with Crippen LogP contribution in [0.1, 0.15) is 22.8 Å². The molecule has 0 saturated heterocycles. The number of fused-ring (bicyclic) bond motifs is 1. The van der Waals surface area contributed by atoms with Crippen LogP contribution in [0.5, 0.6) is 5.75 Å². The van der Waals surface area contributed by atoms with Crippen molar-refractivity contribution < 1.29 is 18.7 Å². The average molecular weight is 425 g/mol. The molecule has 0 saturated carbocycles. The maximum absolute atomic E-state index is 13.2. The highest BCUT2D eigenvalue weighted by Crippen LogP contribution is 2.37. The standard InChI is InChI=1S/C23H18ClFN2O3/c1-14-23(29)27(13-15-2-8-18(25)9-3-15)20-12-19(10-11-21(20)30-14)26-22(28)16-4-6-17(24)7-5-16/h2-12,14H,13H2,1H3,(H,26,28). The molecule has 2 amide bonds. The molecule has 0 radical (unpaired) electrons. The summed E-state index contributed by atoms with van der Waals surface area (Å²) in [6, 6.07) is 17.6. The SMILES string of the molecule is CC1Oc2ccc(NC(=O)c3ccc(Cl)cc3)cc2N(Cc2ccc(F)cc2)C1=O. The van der Waals surface area contributed by atoms with Gasteiger partial charge in [0.05, 0.1) is 12.2 Å². The molecule has 0 aliphatic carbocycles. The Labute approximate surface area is 178 Å². The third-order valence-electron chi connectivity index (χ3n) is 4.79. The Hall–Kier alpha value is -3.38. The molecule has 1 heterocycles. The summed E-state index contributed by atoms with van der Waals surface area (Å²) in [6.45, 7) is 1.94. The van der Waals surface area contributed by atoms with Crippen LogP contribution in [0.4, 0.5) is 15.8 Å². The van der Waals surface area contributed by atoms with Crippen molar-refractivity contribution >= 4 is 34.8 Å². The second-order valence-corrected chi connectivity index (χ2v) is 7.39. The summed E-state index contributed by atoms with van der Waals surface area (Å²) in [5.41, 5.74) is 2.29. The van der Waals surface area contributed by atoms with Crippen molar-refractivity contribution in [2.24, 2.45) is 0 Å². The molecule has 3 aromatic rings. The molecule has 1 N–H and O–H groups in total. The summed E-state index contributed by atoms with van der Waals surface area (Å²) in [5, 5.41) is 3.36. The fourth-order valence-electron chi connectivity index (χ4n) is 3.22. The summed E-state index contributed by atoms with van der Waals surface area (Å²) in [5.74, 6) is -0.317. The first-order valence-electron chi connectivity index (χ1n) is 9.34. The highest BCUT2D eigenvalue weighted by molar-refractivity contribution is 6.30. The van der Waals surface area contributed by atoms with Crippen LogP contribution in [0, 0.1) is 5.82 Å². The van der Waals surface area contributed by atoms with Crippen molar-refractivity contribution in [2.45, 2.75) is 19.6 Å². The number of anilines is 2. The molecule has 0 fully saturated rings. The summed E-state index contributed by atoms with van der Waals surface area (Å²) in [6.07, 6.45) is -0.646. The fourth-order valence-corrected chi connectivity index (χ4v) is 3.35. The van der Waals surface area contributed by atoms with Gasteiger partial charge in [-0.2, -0.15) is 0 Å². The van der Waals surface area contributed by atoms with Gasteiger partial charge in [0, 0.05) is 16.3 Å². The van der Waals surface area contributed by atoms with Crippen molar-refractivity contribution in [1.29, 1.82) is 0 Å². The minimum Gasteiger partial charge on any atom is -0.479 e. The zero-order valence-electron chi connectivity index (χ0n) is 16.1. The van der Waals surface area contributed by atoms with Crippen LogP contribution in [0.15, 0.2) is 66.7 Å². The molecular weight excluding hydrogens is 407 g/mol. The number of benzene rings is 3. The van der Waals surface area contributed by atoms with Crippen molar-refractivity contribution in [3.63, 3.8) is 0 Å². The fraction of sp³-hybridized carbons (Fsp3) is 0.130. The van der Waals surface area contributed by atoms with Crippen molar-refractivity contribution in [3.05, 3.63) is 88.7 Å². The molecule has 0 bridgehead atoms. The first kappa shape index (κ1) is 19.9. The smallest absolute Gasteiger partial charge is 0.268 e. The number of nitrogens with zero attached hydrogens (tertiary/aromatic N) is 1. The van der Waals surface area contributed by atoms with Crippen LogP contribution in [0.25, 0.3) is 0 Å². The molecule has 4 rings (SSSR count). The summed E-state index contributed by atoms with van der Waals surface area (Å²) in [7, 11) is 0. The second kappa shape index (κ2) is 8.16. The Kier molecular flexibility index (Phi) is 5.42. The molecular formula is C23H18ClFN2O3. The minimum absolute atomic E-state index is 0.215. The number of halogens is 2. The van der Waals surface area contributed by atoms with Gasteiger partial charge in [-0.05, 0) is 67.1 Å². The van der Waals surface area contributed by atoms with E-state index in [1.54, 1.807) is 66.4 Å². The number of ether oxygens (including phenoxy) is 1. The first-order chi connectivity index (χ1) is 14.4. The van der Waals surface area contributed by atoms with Gasteiger partial charge in [-0.25, -0.2) is 4.39 Å². The summed E-state index contributed by atoms with van der Waals surface area (Å²) in [4.78, 5) is 26.9. The Morgan fingerprint density at radius 3 is 2.50 bits per heavy atom. The van der Waals surface area contributed by atoms with E-state index in [1.807, 2.05) is 0 Å². The third-order valence-corrected chi connectivity index (χ3v) is 5.04. The zero-order valence-corrected chi connectivity index (χ0v) is 16.8. The summed E-state index contributed by atoms with van der Waals surface area (Å²) < 4.78 is 18.9. The molecule has 0 spiro atoms. The van der Waals surface area contributed by atoms with Gasteiger partial charge in [0.25, 0.3) is 11.8 Å². The number of carbonyl (C=O) groups is 2. The Morgan fingerprint density at radius 1 is 1.10 bits per heavy atom. The molecule has 1 atom stereocenters. The number of carbonyl (C=O) groups excluding carboxylic acids is 2. The van der Waals surface area contributed by atoms with E-state index in [1.165, 1.54) is 12.1 Å². The maximum Gasteiger partial charge on any atom is 0.268 e. The van der Waals surface area contributed by atoms with Crippen LogP contribution < -0.4 is 15.0 Å². The van der Waals surface area contributed by atoms with Gasteiger partial charge in [-0.15, -0.1) is 0 Å². The van der Waals surface area contributed by atoms with E-state index < -0.39 is 6.10 Å². The van der Waals surface area contributed by atoms with E-state index in [9.17, 15) is 14.0 Å². The lowest BCUT2D eigenvalue weighted by atomic mass is 10.1. The molecule has 1 aliphatic rings. The van der Waals surface area contributed by atoms with Crippen molar-refractivity contribution in [1.82, 2.24) is 0 Å². The predicted octanol–water partition coefficient (Wildman–Crippen LogP) is 5.05. The van der Waals surface area contributed by atoms with Gasteiger partial charge in [0.15, 0.2) is 6.10 Å². The van der Waals surface area contributed by atoms with Gasteiger partial charge in [0.2, 0.25) is 0 Å². The third kappa shape index (κ3) is 4.14. The van der Waals surface area contributed by atoms with Crippen molar-refractivity contribution in [2.75, 3.05) is 10.2 Å². The Balaban J connectivity index is 1.62. The molecule has 1 aliphatic heterocycles. The van der Waals surface area contributed by atoms with Crippen LogP contribution in [0.2, 0.25) is 5.02 Å². The highest BCUT2D eigenvalue weighted by Gasteiger charge is 2.31. The monoisotopic (exact) mass is 424 g/mol. The van der Waals surface area contributed by atoms with E-state index in [4.69, 9.17) is 16.3 Å². The van der Waals surface area contributed by atoms with Gasteiger partial charge in [-0.1, -0.05) is 23.7 Å². The number of amides is 2. The average Bonchev–Trinajstić information content (AvgIpc) is 2.73. The second-order valence-electron chi connectivity index (χ2n) is 6.95. The first-order valence-corrected chi connectivity index (χ1v) is 9.72. The largest absolute Gasteiger partial charge is 0.479 e. The van der Waals surface area contributed by atoms with Gasteiger partial charge >= 0.3 is 0 Å². The molecule has 7 heteroatoms. The van der Waals surface area contributed by atoms with Crippen LogP contribution in [-0.2, 0) is 11.3 Å². The topological polar surface area (TPSA) is 58.6 Å². The molecule has 30 heavy (non-hydrogen) atoms. The van der Waals surface area contributed by atoms with Gasteiger partial charge < -0.3 is 15.0 Å². The molecule has 3 aromatic carbocycles. The normalized spacial score (nSPS) is 15.4. The molecule has 152 valence electrons. The predicted molar refractivity (Wildman–Crippen MR) is 114 cm³/mol. The van der Waals surface area contributed by atoms with E-state index in [0.29, 0.717) is 27.7 Å². The number of nitrogens with one attached hydrogen (secondary N) is 1. The maximum atomic E-state index is 13.2. The zero-order chi connectivity index (χ0) is 21.3. The van der Waals surface area contributed by atoms with E-state index in [-0.39, 0.29) is 24.2 Å². The van der Waals surface area contributed by atoms with Gasteiger partial charge in [-0.3, -0.25) is 9.59 Å². The lowest BCUT2D eigenvalue weighted by Gasteiger charge is -2.33. The van der Waals surface area contributed by atoms with E-state index in [2.05, 4.69) is 5.32 Å². The van der Waals surface area contributed by atoms with Crippen molar-refractivity contribution in [3.8, 4) is 5.75 Å². The van der Waals surface area contributed by atoms with Crippen LogP contribution in [0.3, 0.4) is 0 Å². The number of hydrogen-bond acceptors (Lipinski definition) is 3. The Morgan fingerprint density at radius 2 is 1.80 bits per heavy atom. The minimum atomic E-state index is -0.646. The Bertz CT molecular complexity index is 1100. The highest BCUT2D eigenvalue weighted by atomic mass is 35.5. The van der Waals surface area contributed by atoms with Gasteiger partial charge in [0.1, 0.15) is 11.6 Å². The number of hydrogen-bond donors (Lipinski definition) is 1. The lowest BCUT2D eigenvalue weighted by Crippen LogP contribution is -2.44. The van der Waals surface area contributed by atoms with Crippen LogP contribution >= 0.6 is 11.6 Å². The molecule has 5 nitrogen and oxygen atoms in total. The summed E-state index contributed by atoms with van der Waals surface area (Å²) >= 11 is 5.87. The van der Waals surface area contributed by atoms with Crippen LogP contribution in [-0.4, -0.2) is 17.9 Å². The quantitative estimate of drug-likeness (QED) is 0.638. The number of rotatable bonds is 4. The van der Waals surface area contributed by atoms with E-state index >= 15 is 0 Å².